The maximum Gasteiger partial charge on any atom is 0.244 e. The largest absolute Gasteiger partial charge is 0.333 e. The van der Waals surface area contributed by atoms with Gasteiger partial charge in [0, 0.05) is 29.2 Å². The van der Waals surface area contributed by atoms with Crippen molar-refractivity contribution in [1.82, 2.24) is 4.90 Å². The van der Waals surface area contributed by atoms with E-state index < -0.39 is 0 Å². The highest BCUT2D eigenvalue weighted by molar-refractivity contribution is 6.35. The summed E-state index contributed by atoms with van der Waals surface area (Å²) >= 11 is 12.1. The number of nitrogens with zero attached hydrogens (tertiary/aromatic N) is 1. The summed E-state index contributed by atoms with van der Waals surface area (Å²) in [5.41, 5.74) is 2.73. The van der Waals surface area contributed by atoms with Crippen LogP contribution in [0.25, 0.3) is 0 Å². The normalized spacial score (nSPS) is 10.5. The van der Waals surface area contributed by atoms with Gasteiger partial charge in [-0.3, -0.25) is 9.59 Å². The lowest BCUT2D eigenvalue weighted by Gasteiger charge is -2.21. The van der Waals surface area contributed by atoms with Crippen LogP contribution in [0, 0.1) is 0 Å². The van der Waals surface area contributed by atoms with Gasteiger partial charge in [0.05, 0.1) is 6.54 Å². The molecule has 2 rings (SSSR count). The van der Waals surface area contributed by atoms with Crippen LogP contribution in [0.1, 0.15) is 25.0 Å². The van der Waals surface area contributed by atoms with E-state index in [4.69, 9.17) is 23.2 Å². The van der Waals surface area contributed by atoms with Crippen LogP contribution in [0.5, 0.6) is 0 Å². The third-order valence-electron chi connectivity index (χ3n) is 4.12. The zero-order valence-corrected chi connectivity index (χ0v) is 16.4. The number of aryl methyl sites for hydroxylation is 1. The van der Waals surface area contributed by atoms with Gasteiger partial charge in [0.1, 0.15) is 0 Å². The SMILES string of the molecule is CCc1ccccc1NC(=O)CN(CCc1ccc(Cl)cc1Cl)C(C)=O. The van der Waals surface area contributed by atoms with Crippen LogP contribution >= 0.6 is 23.2 Å². The van der Waals surface area contributed by atoms with E-state index in [0.717, 1.165) is 23.2 Å². The number of halogens is 2. The minimum absolute atomic E-state index is 0.00140. The van der Waals surface area contributed by atoms with Gasteiger partial charge in [-0.15, -0.1) is 0 Å². The summed E-state index contributed by atoms with van der Waals surface area (Å²) in [5.74, 6) is -0.377. The summed E-state index contributed by atoms with van der Waals surface area (Å²) in [6, 6.07) is 12.9. The van der Waals surface area contributed by atoms with Crippen molar-refractivity contribution in [2.45, 2.75) is 26.7 Å². The average molecular weight is 393 g/mol. The van der Waals surface area contributed by atoms with Gasteiger partial charge >= 0.3 is 0 Å². The number of carbonyl (C=O) groups excluding carboxylic acids is 2. The van der Waals surface area contributed by atoms with Gasteiger partial charge in [-0.05, 0) is 42.2 Å². The monoisotopic (exact) mass is 392 g/mol. The molecule has 0 saturated heterocycles. The molecule has 0 atom stereocenters. The van der Waals surface area contributed by atoms with Crippen molar-refractivity contribution in [2.75, 3.05) is 18.4 Å². The summed E-state index contributed by atoms with van der Waals surface area (Å²) in [5, 5.41) is 4.01. The van der Waals surface area contributed by atoms with E-state index in [-0.39, 0.29) is 18.4 Å². The van der Waals surface area contributed by atoms with E-state index in [0.29, 0.717) is 23.0 Å². The van der Waals surface area contributed by atoms with Crippen LogP contribution in [0.15, 0.2) is 42.5 Å². The Morgan fingerprint density at radius 2 is 1.81 bits per heavy atom. The Kier molecular flexibility index (Phi) is 7.49. The molecule has 6 heteroatoms. The second-order valence-electron chi connectivity index (χ2n) is 5.99. The molecule has 2 aromatic rings. The highest BCUT2D eigenvalue weighted by Gasteiger charge is 2.15. The van der Waals surface area contributed by atoms with E-state index in [1.54, 1.807) is 12.1 Å². The molecule has 0 radical (unpaired) electrons. The number of benzene rings is 2. The molecule has 0 aliphatic heterocycles. The summed E-state index contributed by atoms with van der Waals surface area (Å²) < 4.78 is 0. The fraction of sp³-hybridized carbons (Fsp3) is 0.300. The standard InChI is InChI=1S/C20H22Cl2N2O2/c1-3-15-6-4-5-7-19(15)23-20(26)13-24(14(2)25)11-10-16-8-9-17(21)12-18(16)22/h4-9,12H,3,10-11,13H2,1-2H3,(H,23,26). The molecule has 2 aromatic carbocycles. The molecule has 2 amide bonds. The van der Waals surface area contributed by atoms with Crippen molar-refractivity contribution in [3.63, 3.8) is 0 Å². The minimum Gasteiger partial charge on any atom is -0.333 e. The smallest absolute Gasteiger partial charge is 0.244 e. The first-order valence-electron chi connectivity index (χ1n) is 8.48. The topological polar surface area (TPSA) is 49.4 Å². The van der Waals surface area contributed by atoms with E-state index in [1.165, 1.54) is 11.8 Å². The highest BCUT2D eigenvalue weighted by atomic mass is 35.5. The lowest BCUT2D eigenvalue weighted by Crippen LogP contribution is -2.38. The lowest BCUT2D eigenvalue weighted by molar-refractivity contribution is -0.132. The van der Waals surface area contributed by atoms with Gasteiger partial charge in [0.2, 0.25) is 11.8 Å². The number of anilines is 1. The number of amides is 2. The fourth-order valence-corrected chi connectivity index (χ4v) is 3.14. The van der Waals surface area contributed by atoms with E-state index in [2.05, 4.69) is 5.32 Å². The summed E-state index contributed by atoms with van der Waals surface area (Å²) in [7, 11) is 0. The van der Waals surface area contributed by atoms with Gasteiger partial charge < -0.3 is 10.2 Å². The number of rotatable bonds is 7. The number of hydrogen-bond acceptors (Lipinski definition) is 2. The second-order valence-corrected chi connectivity index (χ2v) is 6.83. The molecule has 0 saturated carbocycles. The van der Waals surface area contributed by atoms with Crippen molar-refractivity contribution in [3.05, 3.63) is 63.6 Å². The third-order valence-corrected chi connectivity index (χ3v) is 4.71. The molecule has 0 spiro atoms. The molecule has 0 bridgehead atoms. The van der Waals surface area contributed by atoms with Crippen molar-refractivity contribution >= 4 is 40.7 Å². The lowest BCUT2D eigenvalue weighted by atomic mass is 10.1. The number of hydrogen-bond donors (Lipinski definition) is 1. The molecule has 0 fully saturated rings. The van der Waals surface area contributed by atoms with Gasteiger partial charge in [-0.25, -0.2) is 0 Å². The highest BCUT2D eigenvalue weighted by Crippen LogP contribution is 2.21. The van der Waals surface area contributed by atoms with Crippen LogP contribution in [-0.2, 0) is 22.4 Å². The predicted molar refractivity (Wildman–Crippen MR) is 107 cm³/mol. The zero-order chi connectivity index (χ0) is 19.1. The molecular formula is C20H22Cl2N2O2. The van der Waals surface area contributed by atoms with Gasteiger partial charge in [-0.1, -0.05) is 54.4 Å². The van der Waals surface area contributed by atoms with Crippen LogP contribution in [0.3, 0.4) is 0 Å². The Bertz CT molecular complexity index is 793. The Labute approximate surface area is 164 Å². The van der Waals surface area contributed by atoms with Crippen LogP contribution < -0.4 is 5.32 Å². The molecule has 0 unspecified atom stereocenters. The first-order valence-corrected chi connectivity index (χ1v) is 9.23. The summed E-state index contributed by atoms with van der Waals surface area (Å²) in [6.07, 6.45) is 1.37. The first kappa shape index (κ1) is 20.3. The fourth-order valence-electron chi connectivity index (χ4n) is 2.64. The number of para-hydroxylation sites is 1. The molecular weight excluding hydrogens is 371 g/mol. The molecule has 0 heterocycles. The maximum atomic E-state index is 12.4. The Balaban J connectivity index is 1.99. The Morgan fingerprint density at radius 1 is 1.08 bits per heavy atom. The van der Waals surface area contributed by atoms with Crippen LogP contribution in [-0.4, -0.2) is 29.8 Å². The average Bonchev–Trinajstić information content (AvgIpc) is 2.60. The van der Waals surface area contributed by atoms with Gasteiger partial charge in [0.15, 0.2) is 0 Å². The van der Waals surface area contributed by atoms with Crippen molar-refractivity contribution in [3.8, 4) is 0 Å². The van der Waals surface area contributed by atoms with E-state index in [1.807, 2.05) is 37.3 Å². The second kappa shape index (κ2) is 9.60. The van der Waals surface area contributed by atoms with Crippen molar-refractivity contribution < 1.29 is 9.59 Å². The molecule has 0 aromatic heterocycles. The van der Waals surface area contributed by atoms with Crippen molar-refractivity contribution in [1.29, 1.82) is 0 Å². The van der Waals surface area contributed by atoms with Gasteiger partial charge in [-0.2, -0.15) is 0 Å². The van der Waals surface area contributed by atoms with Crippen LogP contribution in [0.4, 0.5) is 5.69 Å². The first-order chi connectivity index (χ1) is 12.4. The summed E-state index contributed by atoms with van der Waals surface area (Å²) in [4.78, 5) is 25.8. The molecule has 4 nitrogen and oxygen atoms in total. The van der Waals surface area contributed by atoms with E-state index >= 15 is 0 Å². The quantitative estimate of drug-likeness (QED) is 0.748. The minimum atomic E-state index is -0.219. The number of nitrogens with one attached hydrogen (secondary N) is 1. The van der Waals surface area contributed by atoms with Crippen LogP contribution in [0.2, 0.25) is 10.0 Å². The van der Waals surface area contributed by atoms with Gasteiger partial charge in [0.25, 0.3) is 0 Å². The molecule has 0 aliphatic rings. The number of carbonyl (C=O) groups is 2. The molecule has 0 aliphatic carbocycles. The van der Waals surface area contributed by atoms with Crippen molar-refractivity contribution in [2.24, 2.45) is 0 Å². The van der Waals surface area contributed by atoms with E-state index in [9.17, 15) is 9.59 Å². The molecule has 138 valence electrons. The zero-order valence-electron chi connectivity index (χ0n) is 14.9. The molecule has 26 heavy (non-hydrogen) atoms. The Morgan fingerprint density at radius 3 is 2.46 bits per heavy atom. The predicted octanol–water partition coefficient (Wildman–Crippen LogP) is 4.59. The molecule has 1 N–H and O–H groups in total. The summed E-state index contributed by atoms with van der Waals surface area (Å²) in [6.45, 7) is 3.89. The third kappa shape index (κ3) is 5.75. The maximum absolute atomic E-state index is 12.4. The Hall–Kier alpha value is -2.04.